The van der Waals surface area contributed by atoms with Gasteiger partial charge in [0.1, 0.15) is 17.5 Å². The van der Waals surface area contributed by atoms with Crippen LogP contribution in [-0.4, -0.2) is 98.4 Å². The molecule has 0 saturated carbocycles. The Bertz CT molecular complexity index is 942. The number of esters is 1. The van der Waals surface area contributed by atoms with E-state index < -0.39 is 0 Å². The van der Waals surface area contributed by atoms with Gasteiger partial charge in [-0.15, -0.1) is 0 Å². The number of halogens is 1. The maximum atomic E-state index is 12.9. The summed E-state index contributed by atoms with van der Waals surface area (Å²) in [4.78, 5) is 34.0. The first kappa shape index (κ1) is 27.9. The molecule has 10 nitrogen and oxygen atoms in total. The van der Waals surface area contributed by atoms with E-state index in [-0.39, 0.29) is 52.4 Å². The van der Waals surface area contributed by atoms with E-state index in [4.69, 9.17) is 31.5 Å². The van der Waals surface area contributed by atoms with Crippen molar-refractivity contribution in [1.29, 1.82) is 0 Å². The van der Waals surface area contributed by atoms with Crippen LogP contribution in [0.5, 0.6) is 5.88 Å². The zero-order valence-electron chi connectivity index (χ0n) is 21.9. The minimum Gasteiger partial charge on any atom is -0.480 e. The van der Waals surface area contributed by atoms with Crippen molar-refractivity contribution in [2.75, 3.05) is 59.2 Å². The molecular formula is C26H40ClN5O5. The topological polar surface area (TPSA) is 119 Å². The molecule has 4 aliphatic rings. The van der Waals surface area contributed by atoms with Gasteiger partial charge in [-0.25, -0.2) is 0 Å². The van der Waals surface area contributed by atoms with Crippen LogP contribution in [0.25, 0.3) is 0 Å². The number of unbranched alkanes of at least 4 members (excludes halogenated alkanes) is 2. The highest BCUT2D eigenvalue weighted by atomic mass is 35.5. The molecule has 1 aromatic heterocycles. The van der Waals surface area contributed by atoms with Gasteiger partial charge in [-0.3, -0.25) is 14.5 Å². The van der Waals surface area contributed by atoms with E-state index in [1.165, 1.54) is 13.2 Å². The molecular weight excluding hydrogens is 498 g/mol. The Morgan fingerprint density at radius 1 is 1.11 bits per heavy atom. The van der Waals surface area contributed by atoms with Crippen LogP contribution in [0.1, 0.15) is 55.3 Å². The summed E-state index contributed by atoms with van der Waals surface area (Å²) in [6.45, 7) is 5.71. The van der Waals surface area contributed by atoms with Crippen molar-refractivity contribution in [3.63, 3.8) is 0 Å². The van der Waals surface area contributed by atoms with Crippen molar-refractivity contribution in [2.24, 2.45) is 5.92 Å². The van der Waals surface area contributed by atoms with Gasteiger partial charge < -0.3 is 30.2 Å². The van der Waals surface area contributed by atoms with Crippen molar-refractivity contribution < 1.29 is 23.8 Å². The molecule has 1 amide bonds. The number of nitrogens with zero attached hydrogens (tertiary/aromatic N) is 3. The number of hydrogen-bond acceptors (Lipinski definition) is 9. The normalized spacial score (nSPS) is 27.6. The minimum absolute atomic E-state index is 0.0519. The number of anilines is 1. The lowest BCUT2D eigenvalue weighted by molar-refractivity contribution is -0.158. The van der Waals surface area contributed by atoms with Gasteiger partial charge in [-0.05, 0) is 63.7 Å². The van der Waals surface area contributed by atoms with Crippen molar-refractivity contribution in [3.8, 4) is 5.88 Å². The molecule has 11 heteroatoms. The van der Waals surface area contributed by atoms with E-state index in [9.17, 15) is 9.59 Å². The van der Waals surface area contributed by atoms with Crippen LogP contribution in [-0.2, 0) is 14.3 Å². The van der Waals surface area contributed by atoms with Crippen LogP contribution >= 0.6 is 11.6 Å². The van der Waals surface area contributed by atoms with Gasteiger partial charge in [-0.2, -0.15) is 4.98 Å². The lowest BCUT2D eigenvalue weighted by atomic mass is 9.86. The Morgan fingerprint density at radius 3 is 2.57 bits per heavy atom. The number of methoxy groups -OCH3 is 2. The van der Waals surface area contributed by atoms with E-state index >= 15 is 0 Å². The molecule has 2 bridgehead atoms. The van der Waals surface area contributed by atoms with E-state index in [1.54, 1.807) is 7.11 Å². The molecule has 0 spiro atoms. The summed E-state index contributed by atoms with van der Waals surface area (Å²) in [7, 11) is 3.10. The third-order valence-electron chi connectivity index (χ3n) is 7.90. The SMILES string of the molecule is COc1nc(N)c(Cl)cc1C(=O)N[C@@H]1CCN(CCCCCC(=O)O[C@H]2CN3CCC2CC3)C[C@@H]1OC. The average molecular weight is 538 g/mol. The smallest absolute Gasteiger partial charge is 0.306 e. The van der Waals surface area contributed by atoms with Crippen LogP contribution < -0.4 is 15.8 Å². The molecule has 5 heterocycles. The average Bonchev–Trinajstić information content (AvgIpc) is 2.91. The third kappa shape index (κ3) is 7.25. The second-order valence-corrected chi connectivity index (χ2v) is 10.7. The first-order valence-corrected chi connectivity index (χ1v) is 13.7. The summed E-state index contributed by atoms with van der Waals surface area (Å²) in [5.41, 5.74) is 5.97. The van der Waals surface area contributed by atoms with Crippen LogP contribution in [0.3, 0.4) is 0 Å². The number of amides is 1. The Labute approximate surface area is 224 Å². The largest absolute Gasteiger partial charge is 0.480 e. The second-order valence-electron chi connectivity index (χ2n) is 10.3. The van der Waals surface area contributed by atoms with Crippen LogP contribution in [0, 0.1) is 5.92 Å². The minimum atomic E-state index is -0.322. The highest BCUT2D eigenvalue weighted by molar-refractivity contribution is 6.33. The lowest BCUT2D eigenvalue weighted by Crippen LogP contribution is -2.54. The van der Waals surface area contributed by atoms with Crippen LogP contribution in [0.4, 0.5) is 5.82 Å². The lowest BCUT2D eigenvalue weighted by Gasteiger charge is -2.43. The zero-order chi connectivity index (χ0) is 26.4. The number of nitrogen functional groups attached to an aromatic ring is 1. The maximum Gasteiger partial charge on any atom is 0.306 e. The van der Waals surface area contributed by atoms with Gasteiger partial charge in [0.2, 0.25) is 5.88 Å². The highest BCUT2D eigenvalue weighted by Gasteiger charge is 2.36. The first-order valence-electron chi connectivity index (χ1n) is 13.4. The molecule has 5 rings (SSSR count). The predicted octanol–water partition coefficient (Wildman–Crippen LogP) is 2.34. The van der Waals surface area contributed by atoms with Gasteiger partial charge in [0.25, 0.3) is 5.91 Å². The van der Waals surface area contributed by atoms with E-state index in [2.05, 4.69) is 20.1 Å². The van der Waals surface area contributed by atoms with Crippen LogP contribution in [0.15, 0.2) is 6.07 Å². The summed E-state index contributed by atoms with van der Waals surface area (Å²) >= 11 is 6.07. The molecule has 0 unspecified atom stereocenters. The van der Waals surface area contributed by atoms with Crippen molar-refractivity contribution in [1.82, 2.24) is 20.1 Å². The highest BCUT2D eigenvalue weighted by Crippen LogP contribution is 2.30. The van der Waals surface area contributed by atoms with Crippen molar-refractivity contribution in [2.45, 2.75) is 63.2 Å². The first-order chi connectivity index (χ1) is 17.9. The Morgan fingerprint density at radius 2 is 1.89 bits per heavy atom. The third-order valence-corrected chi connectivity index (χ3v) is 8.21. The number of piperidine rings is 4. The van der Waals surface area contributed by atoms with Gasteiger partial charge in [0, 0.05) is 33.2 Å². The second kappa shape index (κ2) is 13.1. The van der Waals surface area contributed by atoms with Crippen molar-refractivity contribution >= 4 is 29.3 Å². The standard InChI is InChI=1S/C26H40ClN5O5/c1-35-22-16-31(10-5-3-4-6-23(33)37-21-15-32-11-7-17(21)8-12-32)13-9-20(22)29-25(34)18-14-19(27)24(28)30-26(18)36-2/h14,17,20-22H,3-13,15-16H2,1-2H3,(H2,28,30)(H,29,34)/t20-,21+,22+/m1/s1. The number of ether oxygens (including phenoxy) is 3. The summed E-state index contributed by atoms with van der Waals surface area (Å²) in [5.74, 6) is 0.432. The van der Waals surface area contributed by atoms with Gasteiger partial charge in [0.15, 0.2) is 0 Å². The van der Waals surface area contributed by atoms with E-state index in [1.807, 2.05) is 0 Å². The van der Waals surface area contributed by atoms with Gasteiger partial charge in [0.05, 0.1) is 24.3 Å². The molecule has 1 aromatic rings. The number of rotatable bonds is 11. The van der Waals surface area contributed by atoms with Crippen LogP contribution in [0.2, 0.25) is 5.02 Å². The molecule has 3 N–H and O–H groups in total. The number of carbonyl (C=O) groups excluding carboxylic acids is 2. The molecule has 0 aromatic carbocycles. The fraction of sp³-hybridized carbons (Fsp3) is 0.731. The summed E-state index contributed by atoms with van der Waals surface area (Å²) < 4.78 is 16.7. The molecule has 3 atom stereocenters. The number of nitrogens with two attached hydrogens (primary N) is 1. The Hall–Kier alpha value is -2.14. The quantitative estimate of drug-likeness (QED) is 0.324. The van der Waals surface area contributed by atoms with Crippen molar-refractivity contribution in [3.05, 3.63) is 16.7 Å². The number of fused-ring (bicyclic) bond motifs is 3. The number of nitrogens with one attached hydrogen (secondary N) is 1. The number of likely N-dealkylation sites (tertiary alicyclic amines) is 1. The predicted molar refractivity (Wildman–Crippen MR) is 141 cm³/mol. The fourth-order valence-corrected chi connectivity index (χ4v) is 5.84. The molecule has 4 saturated heterocycles. The summed E-state index contributed by atoms with van der Waals surface area (Å²) in [6, 6.07) is 1.33. The fourth-order valence-electron chi connectivity index (χ4n) is 5.69. The van der Waals surface area contributed by atoms with E-state index in [0.29, 0.717) is 12.3 Å². The summed E-state index contributed by atoms with van der Waals surface area (Å²) in [6.07, 6.45) is 6.35. The molecule has 0 aliphatic carbocycles. The van der Waals surface area contributed by atoms with Gasteiger partial charge in [-0.1, -0.05) is 18.0 Å². The molecule has 4 fully saturated rings. The zero-order valence-corrected chi connectivity index (χ0v) is 22.7. The Balaban J connectivity index is 1.15. The molecule has 37 heavy (non-hydrogen) atoms. The number of carbonyl (C=O) groups is 2. The monoisotopic (exact) mass is 537 g/mol. The summed E-state index contributed by atoms with van der Waals surface area (Å²) in [5, 5.41) is 3.25. The number of hydrogen-bond donors (Lipinski definition) is 2. The van der Waals surface area contributed by atoms with E-state index in [0.717, 1.165) is 77.8 Å². The molecule has 206 valence electrons. The Kier molecular flexibility index (Phi) is 9.86. The van der Waals surface area contributed by atoms with Gasteiger partial charge >= 0.3 is 5.97 Å². The molecule has 0 radical (unpaired) electrons. The maximum absolute atomic E-state index is 12.9. The number of pyridine rings is 1. The number of aromatic nitrogens is 1. The molecule has 4 aliphatic heterocycles.